The van der Waals surface area contributed by atoms with E-state index in [0.29, 0.717) is 5.69 Å². The first kappa shape index (κ1) is 26.4. The molecule has 0 bridgehead atoms. The smallest absolute Gasteiger partial charge is 0.244 e. The van der Waals surface area contributed by atoms with Gasteiger partial charge in [-0.25, -0.2) is 8.42 Å². The zero-order chi connectivity index (χ0) is 25.0. The monoisotopic (exact) mass is 473 g/mol. The molecule has 0 aliphatic heterocycles. The topological polar surface area (TPSA) is 86.8 Å². The van der Waals surface area contributed by atoms with Crippen LogP contribution in [0.4, 0.5) is 5.69 Å². The van der Waals surface area contributed by atoms with Gasteiger partial charge in [-0.2, -0.15) is 0 Å². The maximum Gasteiger partial charge on any atom is 0.244 e. The Balaban J connectivity index is 2.37. The number of nitrogens with one attached hydrogen (secondary N) is 1. The molecular formula is C25H35N3O4S. The molecule has 0 fully saturated rings. The molecule has 0 saturated carbocycles. The van der Waals surface area contributed by atoms with Crippen LogP contribution in [0.15, 0.2) is 48.5 Å². The largest absolute Gasteiger partial charge is 0.357 e. The Morgan fingerprint density at radius 3 is 2.00 bits per heavy atom. The van der Waals surface area contributed by atoms with E-state index in [1.807, 2.05) is 43.3 Å². The van der Waals surface area contributed by atoms with Gasteiger partial charge < -0.3 is 10.2 Å². The van der Waals surface area contributed by atoms with Crippen molar-refractivity contribution in [3.05, 3.63) is 65.2 Å². The van der Waals surface area contributed by atoms with Crippen LogP contribution >= 0.6 is 0 Å². The normalized spacial score (nSPS) is 12.7. The minimum atomic E-state index is -3.74. The maximum atomic E-state index is 13.4. The van der Waals surface area contributed by atoms with E-state index < -0.39 is 28.5 Å². The average molecular weight is 474 g/mol. The molecule has 0 saturated heterocycles. The van der Waals surface area contributed by atoms with Gasteiger partial charge in [0.1, 0.15) is 12.6 Å². The molecule has 0 aliphatic carbocycles. The SMILES string of the molecule is CNC(=O)[C@@H](C)N(Cc1ccc(C)cc1)C(=O)CN(c1ccc(C(C)(C)C)cc1)S(C)(=O)=O. The highest BCUT2D eigenvalue weighted by molar-refractivity contribution is 7.92. The fraction of sp³-hybridized carbons (Fsp3) is 0.440. The van der Waals surface area contributed by atoms with Crippen LogP contribution in [-0.4, -0.2) is 51.0 Å². The number of likely N-dealkylation sites (N-methyl/N-ethyl adjacent to an activating group) is 1. The van der Waals surface area contributed by atoms with Gasteiger partial charge >= 0.3 is 0 Å². The predicted molar refractivity (Wildman–Crippen MR) is 133 cm³/mol. The third-order valence-corrected chi connectivity index (χ3v) is 6.73. The van der Waals surface area contributed by atoms with E-state index in [-0.39, 0.29) is 17.9 Å². The number of amides is 2. The van der Waals surface area contributed by atoms with Crippen LogP contribution in [-0.2, 0) is 31.6 Å². The zero-order valence-electron chi connectivity index (χ0n) is 20.5. The predicted octanol–water partition coefficient (Wildman–Crippen LogP) is 3.22. The lowest BCUT2D eigenvalue weighted by Crippen LogP contribution is -2.50. The van der Waals surface area contributed by atoms with Gasteiger partial charge in [0.2, 0.25) is 21.8 Å². The molecule has 1 atom stereocenters. The Hall–Kier alpha value is -2.87. The van der Waals surface area contributed by atoms with Crippen molar-refractivity contribution < 1.29 is 18.0 Å². The molecule has 33 heavy (non-hydrogen) atoms. The van der Waals surface area contributed by atoms with Gasteiger partial charge in [0.15, 0.2) is 0 Å². The summed E-state index contributed by atoms with van der Waals surface area (Å²) in [5.41, 5.74) is 3.31. The zero-order valence-corrected chi connectivity index (χ0v) is 21.4. The van der Waals surface area contributed by atoms with E-state index in [2.05, 4.69) is 26.1 Å². The van der Waals surface area contributed by atoms with Crippen LogP contribution in [0.1, 0.15) is 44.4 Å². The highest BCUT2D eigenvalue weighted by Crippen LogP contribution is 2.26. The minimum Gasteiger partial charge on any atom is -0.357 e. The summed E-state index contributed by atoms with van der Waals surface area (Å²) in [6, 6.07) is 14.0. The Morgan fingerprint density at radius 1 is 1.00 bits per heavy atom. The highest BCUT2D eigenvalue weighted by Gasteiger charge is 2.29. The quantitative estimate of drug-likeness (QED) is 0.638. The Morgan fingerprint density at radius 2 is 1.55 bits per heavy atom. The molecule has 2 amide bonds. The van der Waals surface area contributed by atoms with Crippen molar-refractivity contribution in [2.24, 2.45) is 0 Å². The summed E-state index contributed by atoms with van der Waals surface area (Å²) < 4.78 is 26.3. The Kier molecular flexibility index (Phi) is 8.30. The fourth-order valence-corrected chi connectivity index (χ4v) is 4.27. The number of anilines is 1. The van der Waals surface area contributed by atoms with Crippen molar-refractivity contribution in [2.75, 3.05) is 24.2 Å². The summed E-state index contributed by atoms with van der Waals surface area (Å²) >= 11 is 0. The Labute approximate surface area is 197 Å². The number of hydrogen-bond donors (Lipinski definition) is 1. The fourth-order valence-electron chi connectivity index (χ4n) is 3.42. The molecule has 2 aromatic carbocycles. The molecule has 2 rings (SSSR count). The first-order valence-corrected chi connectivity index (χ1v) is 12.7. The van der Waals surface area contributed by atoms with Gasteiger partial charge in [0, 0.05) is 13.6 Å². The van der Waals surface area contributed by atoms with Gasteiger partial charge in [0.25, 0.3) is 0 Å². The van der Waals surface area contributed by atoms with E-state index in [1.165, 1.54) is 11.9 Å². The summed E-state index contributed by atoms with van der Waals surface area (Å²) in [5, 5.41) is 2.57. The number of nitrogens with zero attached hydrogens (tertiary/aromatic N) is 2. The van der Waals surface area contributed by atoms with Crippen molar-refractivity contribution in [3.8, 4) is 0 Å². The first-order valence-electron chi connectivity index (χ1n) is 10.9. The third-order valence-electron chi connectivity index (χ3n) is 5.59. The van der Waals surface area contributed by atoms with E-state index in [1.54, 1.807) is 19.1 Å². The number of aryl methyl sites for hydroxylation is 1. The van der Waals surface area contributed by atoms with E-state index in [0.717, 1.165) is 27.3 Å². The van der Waals surface area contributed by atoms with Gasteiger partial charge in [0.05, 0.1) is 11.9 Å². The molecule has 180 valence electrons. The first-order chi connectivity index (χ1) is 15.2. The molecule has 8 heteroatoms. The lowest BCUT2D eigenvalue weighted by Gasteiger charge is -2.31. The van der Waals surface area contributed by atoms with Gasteiger partial charge in [-0.15, -0.1) is 0 Å². The van der Waals surface area contributed by atoms with Crippen LogP contribution in [0.5, 0.6) is 0 Å². The van der Waals surface area contributed by atoms with Crippen LogP contribution in [0, 0.1) is 6.92 Å². The van der Waals surface area contributed by atoms with E-state index >= 15 is 0 Å². The van der Waals surface area contributed by atoms with Crippen LogP contribution in [0.3, 0.4) is 0 Å². The molecule has 0 unspecified atom stereocenters. The molecule has 0 aromatic heterocycles. The number of carbonyl (C=O) groups excluding carboxylic acids is 2. The summed E-state index contributed by atoms with van der Waals surface area (Å²) in [4.78, 5) is 27.1. The van der Waals surface area contributed by atoms with Crippen molar-refractivity contribution in [2.45, 2.75) is 52.6 Å². The minimum absolute atomic E-state index is 0.0853. The Bertz CT molecular complexity index is 1070. The number of carbonyl (C=O) groups is 2. The molecule has 0 aliphatic rings. The number of rotatable bonds is 8. The third kappa shape index (κ3) is 7.05. The lowest BCUT2D eigenvalue weighted by atomic mass is 9.87. The molecule has 0 heterocycles. The molecule has 2 aromatic rings. The second-order valence-electron chi connectivity index (χ2n) is 9.36. The summed E-state index contributed by atoms with van der Waals surface area (Å²) in [6.07, 6.45) is 1.07. The van der Waals surface area contributed by atoms with Crippen molar-refractivity contribution >= 4 is 27.5 Å². The van der Waals surface area contributed by atoms with Crippen LogP contribution < -0.4 is 9.62 Å². The summed E-state index contributed by atoms with van der Waals surface area (Å²) in [6.45, 7) is 9.60. The van der Waals surface area contributed by atoms with Crippen LogP contribution in [0.25, 0.3) is 0 Å². The number of sulfonamides is 1. The highest BCUT2D eigenvalue weighted by atomic mass is 32.2. The van der Waals surface area contributed by atoms with Crippen molar-refractivity contribution in [1.82, 2.24) is 10.2 Å². The average Bonchev–Trinajstić information content (AvgIpc) is 2.74. The van der Waals surface area contributed by atoms with Crippen molar-refractivity contribution in [1.29, 1.82) is 0 Å². The lowest BCUT2D eigenvalue weighted by molar-refractivity contribution is -0.139. The van der Waals surface area contributed by atoms with Crippen LogP contribution in [0.2, 0.25) is 0 Å². The van der Waals surface area contributed by atoms with Gasteiger partial charge in [-0.1, -0.05) is 62.7 Å². The summed E-state index contributed by atoms with van der Waals surface area (Å²) in [7, 11) is -2.23. The second-order valence-corrected chi connectivity index (χ2v) is 11.3. The molecule has 0 radical (unpaired) electrons. The second kappa shape index (κ2) is 10.4. The molecule has 1 N–H and O–H groups in total. The summed E-state index contributed by atoms with van der Waals surface area (Å²) in [5.74, 6) is -0.784. The van der Waals surface area contributed by atoms with Crippen molar-refractivity contribution in [3.63, 3.8) is 0 Å². The molecule has 7 nitrogen and oxygen atoms in total. The number of benzene rings is 2. The van der Waals surface area contributed by atoms with Gasteiger partial charge in [-0.3, -0.25) is 13.9 Å². The molecular weight excluding hydrogens is 438 g/mol. The van der Waals surface area contributed by atoms with E-state index in [4.69, 9.17) is 0 Å². The maximum absolute atomic E-state index is 13.4. The standard InChI is InChI=1S/C25H35N3O4S/c1-18-8-10-20(11-9-18)16-27(19(2)24(30)26-6)23(29)17-28(33(7,31)32)22-14-12-21(13-15-22)25(3,4)5/h8-15,19H,16-17H2,1-7H3,(H,26,30)/t19-/m1/s1. The van der Waals surface area contributed by atoms with E-state index in [9.17, 15) is 18.0 Å². The van der Waals surface area contributed by atoms with Gasteiger partial charge in [-0.05, 0) is 42.5 Å². The number of hydrogen-bond acceptors (Lipinski definition) is 4. The molecule has 0 spiro atoms.